The minimum absolute atomic E-state index is 0.0172. The molecule has 0 amide bonds. The molecular formula is C17H21FN4O2. The summed E-state index contributed by atoms with van der Waals surface area (Å²) >= 11 is 0. The van der Waals surface area contributed by atoms with Crippen molar-refractivity contribution >= 4 is 0 Å². The number of aromatic nitrogens is 2. The molecule has 128 valence electrons. The van der Waals surface area contributed by atoms with Crippen molar-refractivity contribution in [2.24, 2.45) is 14.1 Å². The van der Waals surface area contributed by atoms with Crippen LogP contribution < -0.4 is 16.6 Å². The molecule has 1 aliphatic rings. The van der Waals surface area contributed by atoms with Crippen molar-refractivity contribution in [3.8, 4) is 0 Å². The van der Waals surface area contributed by atoms with E-state index in [4.69, 9.17) is 0 Å². The Balaban J connectivity index is 1.93. The Labute approximate surface area is 139 Å². The second-order valence-corrected chi connectivity index (χ2v) is 6.16. The van der Waals surface area contributed by atoms with E-state index in [2.05, 4.69) is 10.2 Å². The van der Waals surface area contributed by atoms with E-state index in [1.807, 2.05) is 6.07 Å². The first-order chi connectivity index (χ1) is 11.5. The number of aryl methyl sites for hydroxylation is 1. The van der Waals surface area contributed by atoms with Crippen molar-refractivity contribution in [3.63, 3.8) is 0 Å². The quantitative estimate of drug-likeness (QED) is 0.882. The standard InChI is InChI=1S/C17H21FN4O2/c1-20-10-13(16(23)21(2)17(20)24)11-22-7-6-19-9-15(22)12-4-3-5-14(18)8-12/h3-5,8,10,15,19H,6-7,9,11H2,1-2H3. The molecule has 0 spiro atoms. The van der Waals surface area contributed by atoms with Crippen LogP contribution in [0.25, 0.3) is 0 Å². The zero-order chi connectivity index (χ0) is 17.3. The van der Waals surface area contributed by atoms with Crippen molar-refractivity contribution in [1.82, 2.24) is 19.4 Å². The number of nitrogens with zero attached hydrogens (tertiary/aromatic N) is 3. The molecule has 0 radical (unpaired) electrons. The average molecular weight is 332 g/mol. The van der Waals surface area contributed by atoms with Crippen molar-refractivity contribution < 1.29 is 4.39 Å². The van der Waals surface area contributed by atoms with Crippen LogP contribution in [0.2, 0.25) is 0 Å². The smallest absolute Gasteiger partial charge is 0.314 e. The molecule has 1 aromatic heterocycles. The van der Waals surface area contributed by atoms with Crippen LogP contribution in [0.15, 0.2) is 40.1 Å². The van der Waals surface area contributed by atoms with E-state index in [-0.39, 0.29) is 23.1 Å². The minimum atomic E-state index is -0.342. The maximum Gasteiger partial charge on any atom is 0.330 e. The number of piperazine rings is 1. The summed E-state index contributed by atoms with van der Waals surface area (Å²) in [6, 6.07) is 6.53. The molecule has 1 aromatic carbocycles. The van der Waals surface area contributed by atoms with Gasteiger partial charge in [0.2, 0.25) is 0 Å². The summed E-state index contributed by atoms with van der Waals surface area (Å²) in [5.74, 6) is -0.268. The Kier molecular flexibility index (Phi) is 4.64. The summed E-state index contributed by atoms with van der Waals surface area (Å²) in [6.07, 6.45) is 1.59. The molecular weight excluding hydrogens is 311 g/mol. The third-order valence-corrected chi connectivity index (χ3v) is 4.48. The van der Waals surface area contributed by atoms with E-state index in [1.54, 1.807) is 19.3 Å². The minimum Gasteiger partial charge on any atom is -0.314 e. The van der Waals surface area contributed by atoms with Gasteiger partial charge in [-0.1, -0.05) is 12.1 Å². The number of rotatable bonds is 3. The highest BCUT2D eigenvalue weighted by Gasteiger charge is 2.25. The molecule has 1 atom stereocenters. The second-order valence-electron chi connectivity index (χ2n) is 6.16. The SMILES string of the molecule is Cn1cc(CN2CCNCC2c2cccc(F)c2)c(=O)n(C)c1=O. The zero-order valence-corrected chi connectivity index (χ0v) is 13.8. The van der Waals surface area contributed by atoms with Crippen LogP contribution in [0.5, 0.6) is 0 Å². The highest BCUT2D eigenvalue weighted by atomic mass is 19.1. The molecule has 2 aromatic rings. The molecule has 1 fully saturated rings. The number of halogens is 1. The van der Waals surface area contributed by atoms with Gasteiger partial charge >= 0.3 is 5.69 Å². The molecule has 0 saturated carbocycles. The van der Waals surface area contributed by atoms with E-state index >= 15 is 0 Å². The zero-order valence-electron chi connectivity index (χ0n) is 13.8. The van der Waals surface area contributed by atoms with Crippen LogP contribution in [-0.4, -0.2) is 33.7 Å². The van der Waals surface area contributed by atoms with E-state index in [0.717, 1.165) is 23.2 Å². The van der Waals surface area contributed by atoms with Gasteiger partial charge in [0.1, 0.15) is 5.82 Å². The summed E-state index contributed by atoms with van der Waals surface area (Å²) in [6.45, 7) is 2.66. The third-order valence-electron chi connectivity index (χ3n) is 4.48. The van der Waals surface area contributed by atoms with Crippen LogP contribution in [0.3, 0.4) is 0 Å². The summed E-state index contributed by atoms with van der Waals surface area (Å²) in [7, 11) is 3.11. The molecule has 3 rings (SSSR count). The number of benzene rings is 1. The van der Waals surface area contributed by atoms with Crippen molar-refractivity contribution in [2.45, 2.75) is 12.6 Å². The highest BCUT2D eigenvalue weighted by Crippen LogP contribution is 2.24. The van der Waals surface area contributed by atoms with Crippen LogP contribution in [0.1, 0.15) is 17.2 Å². The molecule has 24 heavy (non-hydrogen) atoms. The van der Waals surface area contributed by atoms with E-state index in [9.17, 15) is 14.0 Å². The van der Waals surface area contributed by atoms with Gasteiger partial charge in [0.05, 0.1) is 0 Å². The lowest BCUT2D eigenvalue weighted by Gasteiger charge is -2.36. The van der Waals surface area contributed by atoms with Gasteiger partial charge in [-0.2, -0.15) is 0 Å². The van der Waals surface area contributed by atoms with Gasteiger partial charge in [0, 0.05) is 58.1 Å². The normalized spacial score (nSPS) is 18.7. The maximum absolute atomic E-state index is 13.6. The molecule has 7 heteroatoms. The van der Waals surface area contributed by atoms with Crippen molar-refractivity contribution in [3.05, 3.63) is 68.2 Å². The topological polar surface area (TPSA) is 59.3 Å². The molecule has 0 aliphatic carbocycles. The van der Waals surface area contributed by atoms with E-state index in [0.29, 0.717) is 18.7 Å². The third kappa shape index (κ3) is 3.18. The summed E-state index contributed by atoms with van der Waals surface area (Å²) in [4.78, 5) is 26.3. The number of hydrogen-bond acceptors (Lipinski definition) is 4. The maximum atomic E-state index is 13.6. The monoisotopic (exact) mass is 332 g/mol. The predicted molar refractivity (Wildman–Crippen MR) is 89.3 cm³/mol. The van der Waals surface area contributed by atoms with Crippen LogP contribution in [0, 0.1) is 5.82 Å². The number of hydrogen-bond donors (Lipinski definition) is 1. The Morgan fingerprint density at radius 2 is 2.08 bits per heavy atom. The Bertz CT molecular complexity index is 858. The van der Waals surface area contributed by atoms with Gasteiger partial charge in [0.15, 0.2) is 0 Å². The van der Waals surface area contributed by atoms with Gasteiger partial charge < -0.3 is 9.88 Å². The lowest BCUT2D eigenvalue weighted by Crippen LogP contribution is -2.47. The molecule has 0 bridgehead atoms. The second kappa shape index (κ2) is 6.70. The highest BCUT2D eigenvalue weighted by molar-refractivity contribution is 5.22. The van der Waals surface area contributed by atoms with Gasteiger partial charge in [-0.25, -0.2) is 9.18 Å². The van der Waals surface area contributed by atoms with Crippen molar-refractivity contribution in [2.75, 3.05) is 19.6 Å². The predicted octanol–water partition coefficient (Wildman–Crippen LogP) is 0.370. The largest absolute Gasteiger partial charge is 0.330 e. The molecule has 6 nitrogen and oxygen atoms in total. The van der Waals surface area contributed by atoms with Crippen molar-refractivity contribution in [1.29, 1.82) is 0 Å². The van der Waals surface area contributed by atoms with Gasteiger partial charge in [-0.15, -0.1) is 0 Å². The molecule has 1 aliphatic heterocycles. The Morgan fingerprint density at radius 1 is 1.29 bits per heavy atom. The fourth-order valence-corrected chi connectivity index (χ4v) is 3.19. The average Bonchev–Trinajstić information content (AvgIpc) is 2.58. The van der Waals surface area contributed by atoms with E-state index < -0.39 is 0 Å². The summed E-state index contributed by atoms with van der Waals surface area (Å²) in [5.41, 5.74) is 0.812. The van der Waals surface area contributed by atoms with Gasteiger partial charge in [-0.3, -0.25) is 14.3 Å². The first kappa shape index (κ1) is 16.6. The lowest BCUT2D eigenvalue weighted by molar-refractivity contribution is 0.152. The molecule has 1 unspecified atom stereocenters. The Morgan fingerprint density at radius 3 is 2.83 bits per heavy atom. The summed E-state index contributed by atoms with van der Waals surface area (Å²) in [5, 5.41) is 3.31. The lowest BCUT2D eigenvalue weighted by atomic mass is 10.0. The molecule has 2 heterocycles. The first-order valence-electron chi connectivity index (χ1n) is 7.93. The first-order valence-corrected chi connectivity index (χ1v) is 7.93. The number of nitrogens with one attached hydrogen (secondary N) is 1. The molecule has 1 saturated heterocycles. The molecule has 1 N–H and O–H groups in total. The van der Waals surface area contributed by atoms with Gasteiger partial charge in [-0.05, 0) is 17.7 Å². The van der Waals surface area contributed by atoms with Crippen LogP contribution >= 0.6 is 0 Å². The van der Waals surface area contributed by atoms with Crippen LogP contribution in [-0.2, 0) is 20.6 Å². The fourth-order valence-electron chi connectivity index (χ4n) is 3.19. The Hall–Kier alpha value is -2.25. The summed E-state index contributed by atoms with van der Waals surface area (Å²) < 4.78 is 16.1. The van der Waals surface area contributed by atoms with Gasteiger partial charge in [0.25, 0.3) is 5.56 Å². The van der Waals surface area contributed by atoms with Crippen LogP contribution in [0.4, 0.5) is 4.39 Å². The van der Waals surface area contributed by atoms with E-state index in [1.165, 1.54) is 23.7 Å². The fraction of sp³-hybridized carbons (Fsp3) is 0.412.